The highest BCUT2D eigenvalue weighted by molar-refractivity contribution is 5.40. The molecular formula is C10H17FN4O. The zero-order valence-electron chi connectivity index (χ0n) is 9.50. The van der Waals surface area contributed by atoms with Gasteiger partial charge in [-0.25, -0.2) is 9.37 Å². The zero-order chi connectivity index (χ0) is 12.0. The molecule has 5 nitrogen and oxygen atoms in total. The molecule has 1 heterocycles. The van der Waals surface area contributed by atoms with Gasteiger partial charge in [0, 0.05) is 20.2 Å². The van der Waals surface area contributed by atoms with E-state index < -0.39 is 5.82 Å². The van der Waals surface area contributed by atoms with Crippen LogP contribution in [0.4, 0.5) is 16.2 Å². The molecule has 1 rings (SSSR count). The average Bonchev–Trinajstić information content (AvgIpc) is 2.28. The Bertz CT molecular complexity index is 335. The first kappa shape index (κ1) is 12.6. The van der Waals surface area contributed by atoms with Crippen LogP contribution in [0.5, 0.6) is 0 Å². The molecule has 6 heteroatoms. The van der Waals surface area contributed by atoms with E-state index in [1.165, 1.54) is 0 Å². The van der Waals surface area contributed by atoms with Crippen molar-refractivity contribution in [1.82, 2.24) is 9.97 Å². The lowest BCUT2D eigenvalue weighted by atomic mass is 10.1. The molecule has 1 unspecified atom stereocenters. The number of rotatable bonds is 6. The number of nitrogens with zero attached hydrogens (tertiary/aromatic N) is 2. The summed E-state index contributed by atoms with van der Waals surface area (Å²) < 4.78 is 13.3. The van der Waals surface area contributed by atoms with E-state index >= 15 is 0 Å². The molecule has 0 aliphatic carbocycles. The van der Waals surface area contributed by atoms with E-state index in [-0.39, 0.29) is 18.3 Å². The number of aliphatic hydroxyl groups excluding tert-OH is 1. The minimum atomic E-state index is -0.477. The number of anilines is 2. The molecule has 90 valence electrons. The van der Waals surface area contributed by atoms with Crippen LogP contribution in [0, 0.1) is 11.7 Å². The predicted octanol–water partition coefficient (Wildman–Crippen LogP) is 1.09. The number of hydrogen-bond donors (Lipinski definition) is 3. The highest BCUT2D eigenvalue weighted by atomic mass is 19.1. The normalized spacial score (nSPS) is 12.2. The topological polar surface area (TPSA) is 70.1 Å². The summed E-state index contributed by atoms with van der Waals surface area (Å²) >= 11 is 0. The molecule has 1 atom stereocenters. The summed E-state index contributed by atoms with van der Waals surface area (Å²) in [6, 6.07) is 0. The Balaban J connectivity index is 2.58. The van der Waals surface area contributed by atoms with E-state index in [1.807, 2.05) is 6.92 Å². The van der Waals surface area contributed by atoms with Crippen LogP contribution in [0.3, 0.4) is 0 Å². The number of halogens is 1. The second-order valence-electron chi connectivity index (χ2n) is 3.64. The van der Waals surface area contributed by atoms with Gasteiger partial charge >= 0.3 is 0 Å². The molecule has 1 aromatic heterocycles. The number of hydrogen-bond acceptors (Lipinski definition) is 5. The molecule has 3 N–H and O–H groups in total. The van der Waals surface area contributed by atoms with Crippen LogP contribution in [0.2, 0.25) is 0 Å². The van der Waals surface area contributed by atoms with E-state index in [4.69, 9.17) is 5.11 Å². The summed E-state index contributed by atoms with van der Waals surface area (Å²) in [5.74, 6) is 0.343. The molecule has 0 saturated carbocycles. The Morgan fingerprint density at radius 1 is 1.56 bits per heavy atom. The Morgan fingerprint density at radius 3 is 2.94 bits per heavy atom. The SMILES string of the molecule is CNc1ncc(F)c(NCC(C)CCO)n1. The van der Waals surface area contributed by atoms with Gasteiger partial charge in [0.1, 0.15) is 0 Å². The van der Waals surface area contributed by atoms with Crippen LogP contribution in [0.1, 0.15) is 13.3 Å². The molecule has 0 aromatic carbocycles. The van der Waals surface area contributed by atoms with Crippen molar-refractivity contribution in [2.24, 2.45) is 5.92 Å². The van der Waals surface area contributed by atoms with Gasteiger partial charge in [-0.1, -0.05) is 6.92 Å². The molecule has 16 heavy (non-hydrogen) atoms. The van der Waals surface area contributed by atoms with E-state index in [0.717, 1.165) is 6.20 Å². The lowest BCUT2D eigenvalue weighted by Crippen LogP contribution is -2.15. The second-order valence-corrected chi connectivity index (χ2v) is 3.64. The number of aliphatic hydroxyl groups is 1. The molecule has 0 fully saturated rings. The Labute approximate surface area is 94.1 Å². The highest BCUT2D eigenvalue weighted by Gasteiger charge is 2.07. The second kappa shape index (κ2) is 6.22. The summed E-state index contributed by atoms with van der Waals surface area (Å²) in [4.78, 5) is 7.70. The average molecular weight is 228 g/mol. The first-order valence-corrected chi connectivity index (χ1v) is 5.22. The number of aromatic nitrogens is 2. The van der Waals surface area contributed by atoms with Gasteiger partial charge in [0.05, 0.1) is 6.20 Å². The smallest absolute Gasteiger partial charge is 0.224 e. The van der Waals surface area contributed by atoms with Gasteiger partial charge in [0.25, 0.3) is 0 Å². The molecule has 0 spiro atoms. The van der Waals surface area contributed by atoms with Crippen LogP contribution >= 0.6 is 0 Å². The largest absolute Gasteiger partial charge is 0.396 e. The molecule has 0 amide bonds. The Hall–Kier alpha value is -1.43. The van der Waals surface area contributed by atoms with Gasteiger partial charge in [0.15, 0.2) is 11.6 Å². The first-order valence-electron chi connectivity index (χ1n) is 5.22. The minimum Gasteiger partial charge on any atom is -0.396 e. The molecule has 0 saturated heterocycles. The maximum absolute atomic E-state index is 13.3. The van der Waals surface area contributed by atoms with Gasteiger partial charge in [-0.05, 0) is 12.3 Å². The summed E-state index contributed by atoms with van der Waals surface area (Å²) in [7, 11) is 1.67. The molecule has 0 aliphatic rings. The predicted molar refractivity (Wildman–Crippen MR) is 60.9 cm³/mol. The number of nitrogens with one attached hydrogen (secondary N) is 2. The fourth-order valence-electron chi connectivity index (χ4n) is 1.20. The fraction of sp³-hybridized carbons (Fsp3) is 0.600. The van der Waals surface area contributed by atoms with Gasteiger partial charge in [-0.3, -0.25) is 0 Å². The van der Waals surface area contributed by atoms with Crippen molar-refractivity contribution in [1.29, 1.82) is 0 Å². The van der Waals surface area contributed by atoms with Crippen molar-refractivity contribution in [2.45, 2.75) is 13.3 Å². The summed E-state index contributed by atoms with van der Waals surface area (Å²) in [6.45, 7) is 2.68. The van der Waals surface area contributed by atoms with Crippen LogP contribution in [0.15, 0.2) is 6.20 Å². The Morgan fingerprint density at radius 2 is 2.31 bits per heavy atom. The first-order chi connectivity index (χ1) is 7.67. The van der Waals surface area contributed by atoms with Crippen LogP contribution < -0.4 is 10.6 Å². The monoisotopic (exact) mass is 228 g/mol. The third kappa shape index (κ3) is 3.62. The Kier molecular flexibility index (Phi) is 4.91. The fourth-order valence-corrected chi connectivity index (χ4v) is 1.20. The summed E-state index contributed by atoms with van der Waals surface area (Å²) in [5, 5.41) is 14.4. The third-order valence-corrected chi connectivity index (χ3v) is 2.21. The van der Waals surface area contributed by atoms with Crippen molar-refractivity contribution in [2.75, 3.05) is 30.8 Å². The van der Waals surface area contributed by atoms with Crippen molar-refractivity contribution in [3.8, 4) is 0 Å². The molecule has 0 radical (unpaired) electrons. The van der Waals surface area contributed by atoms with Crippen molar-refractivity contribution < 1.29 is 9.50 Å². The molecule has 0 aliphatic heterocycles. The van der Waals surface area contributed by atoms with Gasteiger partial charge < -0.3 is 15.7 Å². The lowest BCUT2D eigenvalue weighted by molar-refractivity contribution is 0.265. The highest BCUT2D eigenvalue weighted by Crippen LogP contribution is 2.12. The third-order valence-electron chi connectivity index (χ3n) is 2.21. The van der Waals surface area contributed by atoms with Gasteiger partial charge in [-0.2, -0.15) is 4.98 Å². The summed E-state index contributed by atoms with van der Waals surface area (Å²) in [5.41, 5.74) is 0. The van der Waals surface area contributed by atoms with E-state index in [9.17, 15) is 4.39 Å². The van der Waals surface area contributed by atoms with Crippen molar-refractivity contribution in [3.63, 3.8) is 0 Å². The summed E-state index contributed by atoms with van der Waals surface area (Å²) in [6.07, 6.45) is 1.80. The van der Waals surface area contributed by atoms with Crippen LogP contribution in [-0.4, -0.2) is 35.3 Å². The molecule has 0 bridgehead atoms. The van der Waals surface area contributed by atoms with E-state index in [2.05, 4.69) is 20.6 Å². The van der Waals surface area contributed by atoms with E-state index in [1.54, 1.807) is 7.05 Å². The van der Waals surface area contributed by atoms with Crippen molar-refractivity contribution >= 4 is 11.8 Å². The van der Waals surface area contributed by atoms with Gasteiger partial charge in [-0.15, -0.1) is 0 Å². The maximum Gasteiger partial charge on any atom is 0.224 e. The van der Waals surface area contributed by atoms with Crippen LogP contribution in [-0.2, 0) is 0 Å². The van der Waals surface area contributed by atoms with E-state index in [0.29, 0.717) is 18.9 Å². The standard InChI is InChI=1S/C10H17FN4O/c1-7(3-4-16)5-13-9-8(11)6-14-10(12-2)15-9/h6-7,16H,3-5H2,1-2H3,(H2,12,13,14,15). The quantitative estimate of drug-likeness (QED) is 0.680. The lowest BCUT2D eigenvalue weighted by Gasteiger charge is -2.12. The van der Waals surface area contributed by atoms with Crippen molar-refractivity contribution in [3.05, 3.63) is 12.0 Å². The maximum atomic E-state index is 13.3. The molecule has 1 aromatic rings. The zero-order valence-corrected chi connectivity index (χ0v) is 9.50. The minimum absolute atomic E-state index is 0.136. The molecular weight excluding hydrogens is 211 g/mol. The van der Waals surface area contributed by atoms with Crippen LogP contribution in [0.25, 0.3) is 0 Å². The van der Waals surface area contributed by atoms with Gasteiger partial charge in [0.2, 0.25) is 5.95 Å².